The van der Waals surface area contributed by atoms with Gasteiger partial charge in [0.1, 0.15) is 23.9 Å². The van der Waals surface area contributed by atoms with Crippen molar-refractivity contribution >= 4 is 18.0 Å². The second-order valence-electron chi connectivity index (χ2n) is 10.4. The normalized spacial score (nSPS) is 13.7. The first-order valence-electron chi connectivity index (χ1n) is 12.1. The van der Waals surface area contributed by atoms with Crippen LogP contribution in [-0.4, -0.2) is 41.9 Å². The Kier molecular flexibility index (Phi) is 8.23. The van der Waals surface area contributed by atoms with Gasteiger partial charge in [-0.2, -0.15) is 0 Å². The first-order chi connectivity index (χ1) is 16.9. The van der Waals surface area contributed by atoms with Crippen LogP contribution in [0.5, 0.6) is 0 Å². The first kappa shape index (κ1) is 27.0. The fourth-order valence-corrected chi connectivity index (χ4v) is 4.06. The number of ether oxygens (including phenoxy) is 3. The summed E-state index contributed by atoms with van der Waals surface area (Å²) in [6.45, 7) is 12.4. The van der Waals surface area contributed by atoms with Gasteiger partial charge >= 0.3 is 18.0 Å². The van der Waals surface area contributed by atoms with Crippen molar-refractivity contribution in [1.82, 2.24) is 5.32 Å². The van der Waals surface area contributed by atoms with E-state index in [0.29, 0.717) is 0 Å². The molecular formula is C29H35NO6. The molecule has 0 aromatic heterocycles. The third kappa shape index (κ3) is 6.97. The lowest BCUT2D eigenvalue weighted by molar-refractivity contribution is -0.157. The Morgan fingerprint density at radius 2 is 1.50 bits per heavy atom. The van der Waals surface area contributed by atoms with E-state index in [0.717, 1.165) is 22.3 Å². The van der Waals surface area contributed by atoms with E-state index in [4.69, 9.17) is 14.2 Å². The summed E-state index contributed by atoms with van der Waals surface area (Å²) in [5, 5.41) is 2.58. The molecule has 7 heteroatoms. The van der Waals surface area contributed by atoms with E-state index in [1.54, 1.807) is 34.6 Å². The molecule has 0 radical (unpaired) electrons. The van der Waals surface area contributed by atoms with Crippen LogP contribution in [0, 0.1) is 0 Å². The fraction of sp³-hybridized carbons (Fsp3) is 0.414. The van der Waals surface area contributed by atoms with Crippen molar-refractivity contribution in [1.29, 1.82) is 0 Å². The number of carbonyl (C=O) groups is 3. The van der Waals surface area contributed by atoms with Crippen LogP contribution in [0.1, 0.15) is 64.5 Å². The molecule has 0 fully saturated rings. The summed E-state index contributed by atoms with van der Waals surface area (Å²) in [6, 6.07) is 15.0. The molecule has 0 unspecified atom stereocenters. The maximum Gasteiger partial charge on any atom is 0.407 e. The molecule has 1 atom stereocenters. The van der Waals surface area contributed by atoms with E-state index in [-0.39, 0.29) is 25.4 Å². The zero-order valence-corrected chi connectivity index (χ0v) is 21.6. The van der Waals surface area contributed by atoms with Crippen LogP contribution in [0.4, 0.5) is 4.79 Å². The Balaban J connectivity index is 1.67. The van der Waals surface area contributed by atoms with Gasteiger partial charge in [-0.05, 0) is 69.4 Å². The molecule has 1 aliphatic rings. The lowest BCUT2D eigenvalue weighted by Crippen LogP contribution is -2.45. The lowest BCUT2D eigenvalue weighted by Gasteiger charge is -2.25. The maximum atomic E-state index is 12.8. The van der Waals surface area contributed by atoms with Crippen molar-refractivity contribution < 1.29 is 28.6 Å². The SMILES string of the molecule is C=CC(C)(C)OC(=O)[C@H](CCC(=O)OC(C)(C)C)NC(=O)OCC1c2ccccc2-c2ccccc21. The molecule has 3 rings (SSSR count). The minimum absolute atomic E-state index is 0.00512. The van der Waals surface area contributed by atoms with Gasteiger partial charge in [-0.1, -0.05) is 55.1 Å². The smallest absolute Gasteiger partial charge is 0.407 e. The van der Waals surface area contributed by atoms with Crippen LogP contribution in [0.25, 0.3) is 11.1 Å². The topological polar surface area (TPSA) is 90.9 Å². The highest BCUT2D eigenvalue weighted by molar-refractivity contribution is 5.83. The van der Waals surface area contributed by atoms with Crippen LogP contribution >= 0.6 is 0 Å². The average Bonchev–Trinajstić information content (AvgIpc) is 3.12. The van der Waals surface area contributed by atoms with E-state index < -0.39 is 35.3 Å². The molecule has 0 saturated heterocycles. The molecule has 192 valence electrons. The highest BCUT2D eigenvalue weighted by Gasteiger charge is 2.32. The summed E-state index contributed by atoms with van der Waals surface area (Å²) < 4.78 is 16.4. The molecule has 2 aromatic rings. The minimum Gasteiger partial charge on any atom is -0.460 e. The van der Waals surface area contributed by atoms with Crippen LogP contribution < -0.4 is 5.32 Å². The molecule has 0 aliphatic heterocycles. The number of esters is 2. The molecule has 36 heavy (non-hydrogen) atoms. The number of alkyl carbamates (subject to hydrolysis) is 1. The van der Waals surface area contributed by atoms with Gasteiger partial charge < -0.3 is 19.5 Å². The number of amides is 1. The summed E-state index contributed by atoms with van der Waals surface area (Å²) in [7, 11) is 0. The number of benzene rings is 2. The van der Waals surface area contributed by atoms with Crippen LogP contribution in [0.15, 0.2) is 61.2 Å². The van der Waals surface area contributed by atoms with Crippen LogP contribution in [-0.2, 0) is 23.8 Å². The van der Waals surface area contributed by atoms with Gasteiger partial charge in [0, 0.05) is 12.3 Å². The number of fused-ring (bicyclic) bond motifs is 3. The van der Waals surface area contributed by atoms with Crippen molar-refractivity contribution in [2.24, 2.45) is 0 Å². The van der Waals surface area contributed by atoms with E-state index in [2.05, 4.69) is 24.0 Å². The van der Waals surface area contributed by atoms with Crippen LogP contribution in [0.2, 0.25) is 0 Å². The van der Waals surface area contributed by atoms with Crippen molar-refractivity contribution in [3.63, 3.8) is 0 Å². The molecule has 2 aromatic carbocycles. The molecular weight excluding hydrogens is 458 g/mol. The predicted octanol–water partition coefficient (Wildman–Crippen LogP) is 5.52. The monoisotopic (exact) mass is 493 g/mol. The highest BCUT2D eigenvalue weighted by Crippen LogP contribution is 2.44. The van der Waals surface area contributed by atoms with Crippen molar-refractivity contribution in [3.8, 4) is 11.1 Å². The number of hydrogen-bond acceptors (Lipinski definition) is 6. The van der Waals surface area contributed by atoms with E-state index in [9.17, 15) is 14.4 Å². The van der Waals surface area contributed by atoms with Crippen molar-refractivity contribution in [2.75, 3.05) is 6.61 Å². The third-order valence-corrected chi connectivity index (χ3v) is 5.83. The quantitative estimate of drug-likeness (QED) is 0.281. The van der Waals surface area contributed by atoms with Crippen molar-refractivity contribution in [3.05, 3.63) is 72.3 Å². The summed E-state index contributed by atoms with van der Waals surface area (Å²) in [6.07, 6.45) is 0.656. The van der Waals surface area contributed by atoms with E-state index in [1.165, 1.54) is 6.08 Å². The largest absolute Gasteiger partial charge is 0.460 e. The Morgan fingerprint density at radius 3 is 2.03 bits per heavy atom. The molecule has 0 spiro atoms. The number of nitrogens with one attached hydrogen (secondary N) is 1. The summed E-state index contributed by atoms with van der Waals surface area (Å²) >= 11 is 0. The Bertz CT molecular complexity index is 1090. The summed E-state index contributed by atoms with van der Waals surface area (Å²) in [4.78, 5) is 37.8. The second-order valence-corrected chi connectivity index (χ2v) is 10.4. The average molecular weight is 494 g/mol. The van der Waals surface area contributed by atoms with Crippen molar-refractivity contribution in [2.45, 2.75) is 70.6 Å². The Hall–Kier alpha value is -3.61. The Labute approximate surface area is 212 Å². The number of hydrogen-bond donors (Lipinski definition) is 1. The predicted molar refractivity (Wildman–Crippen MR) is 137 cm³/mol. The number of carbonyl (C=O) groups excluding carboxylic acids is 3. The number of rotatable bonds is 9. The summed E-state index contributed by atoms with van der Waals surface area (Å²) in [5.41, 5.74) is 2.81. The van der Waals surface area contributed by atoms with Gasteiger partial charge in [0.25, 0.3) is 0 Å². The van der Waals surface area contributed by atoms with Gasteiger partial charge in [-0.15, -0.1) is 0 Å². The fourth-order valence-electron chi connectivity index (χ4n) is 4.06. The first-order valence-corrected chi connectivity index (χ1v) is 12.1. The molecule has 0 heterocycles. The van der Waals surface area contributed by atoms with E-state index in [1.807, 2.05) is 36.4 Å². The van der Waals surface area contributed by atoms with E-state index >= 15 is 0 Å². The minimum atomic E-state index is -1.09. The standard InChI is InChI=1S/C29H35NO6/c1-7-29(5,6)36-26(32)24(16-17-25(31)35-28(2,3)4)30-27(33)34-18-23-21-14-10-8-12-19(21)20-13-9-11-15-22(20)23/h7-15,23-24H,1,16-18H2,2-6H3,(H,30,33)/t24-/m0/s1. The van der Waals surface area contributed by atoms with Gasteiger partial charge in [-0.25, -0.2) is 9.59 Å². The third-order valence-electron chi connectivity index (χ3n) is 5.83. The van der Waals surface area contributed by atoms with Gasteiger partial charge in [-0.3, -0.25) is 4.79 Å². The van der Waals surface area contributed by atoms with Gasteiger partial charge in [0.05, 0.1) is 0 Å². The second kappa shape index (κ2) is 11.0. The molecule has 0 saturated carbocycles. The molecule has 7 nitrogen and oxygen atoms in total. The Morgan fingerprint density at radius 1 is 0.944 bits per heavy atom. The lowest BCUT2D eigenvalue weighted by atomic mass is 9.98. The molecule has 1 N–H and O–H groups in total. The molecule has 0 bridgehead atoms. The molecule has 1 aliphatic carbocycles. The van der Waals surface area contributed by atoms with Crippen LogP contribution in [0.3, 0.4) is 0 Å². The van der Waals surface area contributed by atoms with Gasteiger partial charge in [0.2, 0.25) is 0 Å². The maximum absolute atomic E-state index is 12.8. The van der Waals surface area contributed by atoms with Gasteiger partial charge in [0.15, 0.2) is 0 Å². The zero-order valence-electron chi connectivity index (χ0n) is 21.6. The molecule has 1 amide bonds. The summed E-state index contributed by atoms with van der Waals surface area (Å²) in [5.74, 6) is -1.27. The highest BCUT2D eigenvalue weighted by atomic mass is 16.6. The zero-order chi connectivity index (χ0) is 26.5.